The number of nitrogens with zero attached hydrogens (tertiary/aromatic N) is 4. The first-order valence-electron chi connectivity index (χ1n) is 10.2. The molecule has 0 radical (unpaired) electrons. The molecule has 0 aliphatic carbocycles. The van der Waals surface area contributed by atoms with Gasteiger partial charge in [0.1, 0.15) is 30.3 Å². The van der Waals surface area contributed by atoms with Gasteiger partial charge in [-0.3, -0.25) is 9.98 Å². The number of aliphatic imine (C=N–C) groups is 1. The van der Waals surface area contributed by atoms with Gasteiger partial charge in [-0.2, -0.15) is 0 Å². The van der Waals surface area contributed by atoms with Gasteiger partial charge in [0.05, 0.1) is 23.3 Å². The van der Waals surface area contributed by atoms with Crippen LogP contribution in [0.5, 0.6) is 11.5 Å². The maximum absolute atomic E-state index is 6.47. The third-order valence-electron chi connectivity index (χ3n) is 5.01. The first-order valence-corrected chi connectivity index (χ1v) is 10.6. The summed E-state index contributed by atoms with van der Waals surface area (Å²) in [6.07, 6.45) is 3.86. The highest BCUT2D eigenvalue weighted by Crippen LogP contribution is 2.33. The molecule has 0 spiro atoms. The van der Waals surface area contributed by atoms with Crippen molar-refractivity contribution < 1.29 is 9.47 Å². The number of ether oxygens (including phenoxy) is 2. The monoisotopic (exact) mass is 445 g/mol. The number of benzene rings is 2. The molecule has 0 fully saturated rings. The summed E-state index contributed by atoms with van der Waals surface area (Å²) in [6, 6.07) is 15.3. The normalized spacial score (nSPS) is 13.0. The van der Waals surface area contributed by atoms with E-state index in [1.165, 1.54) is 6.33 Å². The van der Waals surface area contributed by atoms with E-state index in [2.05, 4.69) is 31.3 Å². The molecule has 2 aromatic carbocycles. The Morgan fingerprint density at radius 3 is 2.78 bits per heavy atom. The van der Waals surface area contributed by atoms with Crippen LogP contribution in [0.2, 0.25) is 5.02 Å². The third-order valence-corrected chi connectivity index (χ3v) is 5.31. The number of halogens is 1. The molecule has 0 amide bonds. The summed E-state index contributed by atoms with van der Waals surface area (Å²) in [5.41, 5.74) is 3.65. The zero-order chi connectivity index (χ0) is 21.9. The van der Waals surface area contributed by atoms with Crippen LogP contribution in [0.25, 0.3) is 10.9 Å². The van der Waals surface area contributed by atoms with Crippen LogP contribution in [0.1, 0.15) is 11.3 Å². The van der Waals surface area contributed by atoms with Gasteiger partial charge in [-0.05, 0) is 55.0 Å². The molecule has 160 valence electrons. The van der Waals surface area contributed by atoms with Gasteiger partial charge < -0.3 is 14.8 Å². The highest BCUT2D eigenvalue weighted by Gasteiger charge is 2.12. The SMILES string of the molecule is Cc1ccc(Oc2ccc(Nc3ncnc4ccc(CC5=NCCO5)cc34)cc2Cl)cn1. The molecule has 1 aliphatic heterocycles. The maximum atomic E-state index is 6.47. The standard InChI is InChI=1S/C24H20ClN5O2/c1-15-2-5-18(13-27-15)32-22-7-4-17(12-20(22)25)30-24-19-10-16(11-23-26-8-9-31-23)3-6-21(19)28-14-29-24/h2-7,10,12-14H,8-9,11H2,1H3,(H,28,29,30). The lowest BCUT2D eigenvalue weighted by molar-refractivity contribution is 0.341. The minimum atomic E-state index is 0.478. The molecule has 0 unspecified atom stereocenters. The minimum Gasteiger partial charge on any atom is -0.479 e. The Kier molecular flexibility index (Phi) is 5.56. The zero-order valence-electron chi connectivity index (χ0n) is 17.4. The van der Waals surface area contributed by atoms with Crippen LogP contribution in [-0.4, -0.2) is 34.0 Å². The largest absolute Gasteiger partial charge is 0.479 e. The molecule has 8 heteroatoms. The van der Waals surface area contributed by atoms with E-state index in [0.717, 1.165) is 40.3 Å². The van der Waals surface area contributed by atoms with Crippen molar-refractivity contribution in [2.75, 3.05) is 18.5 Å². The number of aryl methyl sites for hydroxylation is 1. The number of rotatable bonds is 6. The van der Waals surface area contributed by atoms with Gasteiger partial charge in [0.25, 0.3) is 0 Å². The number of aromatic nitrogens is 3. The highest BCUT2D eigenvalue weighted by atomic mass is 35.5. The van der Waals surface area contributed by atoms with Gasteiger partial charge in [0.15, 0.2) is 5.90 Å². The molecule has 2 aromatic heterocycles. The van der Waals surface area contributed by atoms with Gasteiger partial charge in [-0.1, -0.05) is 17.7 Å². The van der Waals surface area contributed by atoms with Gasteiger partial charge in [-0.15, -0.1) is 0 Å². The second-order valence-corrected chi connectivity index (χ2v) is 7.79. The average molecular weight is 446 g/mol. The van der Waals surface area contributed by atoms with E-state index >= 15 is 0 Å². The molecule has 7 nitrogen and oxygen atoms in total. The van der Waals surface area contributed by atoms with Crippen LogP contribution in [0.3, 0.4) is 0 Å². The molecule has 0 saturated carbocycles. The Balaban J connectivity index is 1.38. The van der Waals surface area contributed by atoms with Crippen LogP contribution < -0.4 is 10.1 Å². The van der Waals surface area contributed by atoms with Crippen LogP contribution in [0, 0.1) is 6.92 Å². The van der Waals surface area contributed by atoms with Crippen LogP contribution in [0.15, 0.2) is 66.0 Å². The fourth-order valence-corrected chi connectivity index (χ4v) is 3.63. The minimum absolute atomic E-state index is 0.478. The Bertz CT molecular complexity index is 1310. The molecule has 0 bridgehead atoms. The Morgan fingerprint density at radius 1 is 1.06 bits per heavy atom. The smallest absolute Gasteiger partial charge is 0.187 e. The van der Waals surface area contributed by atoms with E-state index in [1.807, 2.05) is 43.3 Å². The van der Waals surface area contributed by atoms with Crippen molar-refractivity contribution in [3.63, 3.8) is 0 Å². The molecule has 3 heterocycles. The summed E-state index contributed by atoms with van der Waals surface area (Å²) in [5, 5.41) is 4.73. The second kappa shape index (κ2) is 8.80. The maximum Gasteiger partial charge on any atom is 0.187 e. The molecule has 0 saturated heterocycles. The summed E-state index contributed by atoms with van der Waals surface area (Å²) < 4.78 is 11.4. The average Bonchev–Trinajstić information content (AvgIpc) is 3.30. The van der Waals surface area contributed by atoms with Crippen molar-refractivity contribution in [2.45, 2.75) is 13.3 Å². The van der Waals surface area contributed by atoms with Gasteiger partial charge >= 0.3 is 0 Å². The molecule has 5 rings (SSSR count). The van der Waals surface area contributed by atoms with Crippen LogP contribution in [0.4, 0.5) is 11.5 Å². The zero-order valence-corrected chi connectivity index (χ0v) is 18.1. The Labute approximate surface area is 190 Å². The van der Waals surface area contributed by atoms with Gasteiger partial charge in [0, 0.05) is 23.2 Å². The number of pyridine rings is 1. The number of fused-ring (bicyclic) bond motifs is 1. The van der Waals surface area contributed by atoms with Crippen molar-refractivity contribution in [3.05, 3.63) is 77.3 Å². The summed E-state index contributed by atoms with van der Waals surface area (Å²) in [7, 11) is 0. The summed E-state index contributed by atoms with van der Waals surface area (Å²) >= 11 is 6.47. The van der Waals surface area contributed by atoms with Crippen molar-refractivity contribution in [3.8, 4) is 11.5 Å². The Morgan fingerprint density at radius 2 is 2.00 bits per heavy atom. The van der Waals surface area contributed by atoms with E-state index in [0.29, 0.717) is 35.4 Å². The topological polar surface area (TPSA) is 81.5 Å². The first kappa shape index (κ1) is 20.2. The Hall–Kier alpha value is -3.71. The predicted octanol–water partition coefficient (Wildman–Crippen LogP) is 5.49. The van der Waals surface area contributed by atoms with Crippen molar-refractivity contribution in [1.82, 2.24) is 15.0 Å². The summed E-state index contributed by atoms with van der Waals surface area (Å²) in [4.78, 5) is 17.4. The second-order valence-electron chi connectivity index (χ2n) is 7.38. The van der Waals surface area contributed by atoms with E-state index < -0.39 is 0 Å². The molecule has 32 heavy (non-hydrogen) atoms. The molecule has 4 aromatic rings. The number of nitrogens with one attached hydrogen (secondary N) is 1. The van der Waals surface area contributed by atoms with Crippen molar-refractivity contribution in [2.24, 2.45) is 4.99 Å². The number of hydrogen-bond acceptors (Lipinski definition) is 7. The van der Waals surface area contributed by atoms with E-state index in [9.17, 15) is 0 Å². The highest BCUT2D eigenvalue weighted by molar-refractivity contribution is 6.32. The van der Waals surface area contributed by atoms with Crippen molar-refractivity contribution in [1.29, 1.82) is 0 Å². The van der Waals surface area contributed by atoms with Crippen molar-refractivity contribution >= 4 is 39.9 Å². The summed E-state index contributed by atoms with van der Waals surface area (Å²) in [5.74, 6) is 2.64. The lowest BCUT2D eigenvalue weighted by Crippen LogP contribution is -2.03. The summed E-state index contributed by atoms with van der Waals surface area (Å²) in [6.45, 7) is 3.30. The first-order chi connectivity index (χ1) is 15.6. The number of anilines is 2. The quantitative estimate of drug-likeness (QED) is 0.422. The number of hydrogen-bond donors (Lipinski definition) is 1. The molecule has 1 aliphatic rings. The molecular weight excluding hydrogens is 426 g/mol. The van der Waals surface area contributed by atoms with Gasteiger partial charge in [-0.25, -0.2) is 9.97 Å². The van der Waals surface area contributed by atoms with Crippen LogP contribution in [-0.2, 0) is 11.2 Å². The molecular formula is C24H20ClN5O2. The fourth-order valence-electron chi connectivity index (χ4n) is 3.41. The molecule has 0 atom stereocenters. The lowest BCUT2D eigenvalue weighted by Gasteiger charge is -2.12. The van der Waals surface area contributed by atoms with E-state index in [4.69, 9.17) is 21.1 Å². The van der Waals surface area contributed by atoms with E-state index in [1.54, 1.807) is 12.3 Å². The van der Waals surface area contributed by atoms with Crippen LogP contribution >= 0.6 is 11.6 Å². The molecule has 1 N–H and O–H groups in total. The fraction of sp³-hybridized carbons (Fsp3) is 0.167. The predicted molar refractivity (Wildman–Crippen MR) is 125 cm³/mol. The lowest BCUT2D eigenvalue weighted by atomic mass is 10.1. The van der Waals surface area contributed by atoms with Gasteiger partial charge in [0.2, 0.25) is 0 Å². The third kappa shape index (κ3) is 4.48. The van der Waals surface area contributed by atoms with E-state index in [-0.39, 0.29) is 0 Å².